The zero-order valence-electron chi connectivity index (χ0n) is 25.9. The number of ether oxygens (including phenoxy) is 2. The first-order valence-electron chi connectivity index (χ1n) is 16.0. The van der Waals surface area contributed by atoms with E-state index in [2.05, 4.69) is 10.2 Å². The first kappa shape index (κ1) is 32.4. The number of carbonyl (C=O) groups is 3. The number of carboxylic acid groups (broad SMARTS) is 1. The average molecular weight is 655 g/mol. The van der Waals surface area contributed by atoms with Crippen molar-refractivity contribution in [2.45, 2.75) is 56.7 Å². The first-order valence-corrected chi connectivity index (χ1v) is 16.3. The van der Waals surface area contributed by atoms with Crippen molar-refractivity contribution >= 4 is 46.0 Å². The maximum atomic E-state index is 15.5. The fourth-order valence-electron chi connectivity index (χ4n) is 7.08. The number of nitrogens with zero attached hydrogens (tertiary/aromatic N) is 3. The van der Waals surface area contributed by atoms with Crippen LogP contribution in [-0.2, 0) is 32.5 Å². The summed E-state index contributed by atoms with van der Waals surface area (Å²) in [5.74, 6) is -2.34. The molecular weight excluding hydrogens is 615 g/mol. The predicted octanol–water partition coefficient (Wildman–Crippen LogP) is 4.73. The lowest BCUT2D eigenvalue weighted by Crippen LogP contribution is -2.45. The summed E-state index contributed by atoms with van der Waals surface area (Å²) in [6, 6.07) is 10.1. The van der Waals surface area contributed by atoms with Gasteiger partial charge in [0.05, 0.1) is 60.6 Å². The van der Waals surface area contributed by atoms with Gasteiger partial charge in [-0.25, -0.2) is 4.39 Å². The van der Waals surface area contributed by atoms with E-state index in [9.17, 15) is 19.5 Å². The third-order valence-corrected chi connectivity index (χ3v) is 10.0. The molecule has 6 rings (SSSR count). The molecule has 1 saturated carbocycles. The highest BCUT2D eigenvalue weighted by Crippen LogP contribution is 2.31. The highest BCUT2D eigenvalue weighted by Gasteiger charge is 2.39. The minimum atomic E-state index is -0.757. The second-order valence-electron chi connectivity index (χ2n) is 12.6. The lowest BCUT2D eigenvalue weighted by Gasteiger charge is -2.32. The van der Waals surface area contributed by atoms with Crippen molar-refractivity contribution in [3.05, 3.63) is 64.6 Å². The Balaban J connectivity index is 1.13. The van der Waals surface area contributed by atoms with Crippen LogP contribution in [0.1, 0.15) is 48.0 Å². The number of likely N-dealkylation sites (tertiary alicyclic amines) is 1. The maximum absolute atomic E-state index is 15.5. The van der Waals surface area contributed by atoms with Gasteiger partial charge >= 0.3 is 5.97 Å². The minimum Gasteiger partial charge on any atom is -0.481 e. The number of aryl methyl sites for hydroxylation is 1. The number of hydrogen-bond donors (Lipinski definition) is 2. The molecule has 0 unspecified atom stereocenters. The molecule has 46 heavy (non-hydrogen) atoms. The zero-order valence-corrected chi connectivity index (χ0v) is 26.7. The Hall–Kier alpha value is -3.51. The van der Waals surface area contributed by atoms with Gasteiger partial charge in [-0.1, -0.05) is 29.8 Å². The third-order valence-electron chi connectivity index (χ3n) is 9.69. The second kappa shape index (κ2) is 14.1. The number of rotatable bonds is 9. The van der Waals surface area contributed by atoms with Gasteiger partial charge in [-0.15, -0.1) is 0 Å². The van der Waals surface area contributed by atoms with Crippen molar-refractivity contribution in [1.29, 1.82) is 0 Å². The van der Waals surface area contributed by atoms with Gasteiger partial charge in [0.25, 0.3) is 5.91 Å². The molecule has 12 heteroatoms. The molecule has 10 nitrogen and oxygen atoms in total. The van der Waals surface area contributed by atoms with Gasteiger partial charge in [-0.3, -0.25) is 19.3 Å². The average Bonchev–Trinajstić information content (AvgIpc) is 3.64. The number of nitrogens with one attached hydrogen (secondary N) is 1. The van der Waals surface area contributed by atoms with Crippen LogP contribution >= 0.6 is 11.6 Å². The number of anilines is 1. The molecule has 3 fully saturated rings. The summed E-state index contributed by atoms with van der Waals surface area (Å²) >= 11 is 6.53. The number of aromatic nitrogens is 1. The molecule has 246 valence electrons. The summed E-state index contributed by atoms with van der Waals surface area (Å²) in [6.45, 7) is 3.72. The van der Waals surface area contributed by atoms with E-state index in [1.54, 1.807) is 11.1 Å². The lowest BCUT2D eigenvalue weighted by molar-refractivity contribution is -0.144. The number of benzene rings is 2. The van der Waals surface area contributed by atoms with Crippen LogP contribution in [0.2, 0.25) is 5.02 Å². The van der Waals surface area contributed by atoms with Crippen LogP contribution in [0.15, 0.2) is 42.6 Å². The monoisotopic (exact) mass is 654 g/mol. The molecule has 2 atom stereocenters. The van der Waals surface area contributed by atoms with Crippen LogP contribution in [0, 0.1) is 11.7 Å². The minimum absolute atomic E-state index is 0.0390. The van der Waals surface area contributed by atoms with E-state index < -0.39 is 17.7 Å². The molecule has 0 bridgehead atoms. The van der Waals surface area contributed by atoms with Gasteiger partial charge in [0.2, 0.25) is 5.91 Å². The Bertz CT molecular complexity index is 1600. The molecule has 0 spiro atoms. The van der Waals surface area contributed by atoms with Crippen LogP contribution in [0.3, 0.4) is 0 Å². The quantitative estimate of drug-likeness (QED) is 0.343. The Kier molecular flexibility index (Phi) is 9.93. The molecule has 1 aliphatic carbocycles. The predicted molar refractivity (Wildman–Crippen MR) is 172 cm³/mol. The number of carboxylic acids is 1. The summed E-state index contributed by atoms with van der Waals surface area (Å²) in [6.07, 6.45) is 4.76. The molecule has 3 aliphatic rings. The SMILES string of the molecule is Cn1cc(C(=O)Nc2cc(F)c(CC(=O)N3C[C@@H](N4CCOCC4)C[C@H]3COC3CCC(C(=O)O)CC3)cc2Cl)c2ccccc21. The highest BCUT2D eigenvalue weighted by molar-refractivity contribution is 6.34. The van der Waals surface area contributed by atoms with Gasteiger partial charge in [0, 0.05) is 49.8 Å². The van der Waals surface area contributed by atoms with E-state index in [-0.39, 0.29) is 52.7 Å². The standard InChI is InChI=1S/C34H40ClFN4O6/c1-38-19-27(26-4-2-3-5-31(26)38)33(42)37-30-17-29(36)22(14-28(30)35)15-32(41)40-18-23(39-10-12-45-13-11-39)16-24(40)20-46-25-8-6-21(7-9-25)34(43)44/h2-5,14,17,19,21,23-25H,6-13,15-16,18,20H2,1H3,(H,37,42)(H,43,44)/t21?,23-,24-,25?/m0/s1. The van der Waals surface area contributed by atoms with E-state index >= 15 is 4.39 Å². The molecule has 2 N–H and O–H groups in total. The van der Waals surface area contributed by atoms with Crippen LogP contribution in [0.4, 0.5) is 10.1 Å². The molecule has 2 aliphatic heterocycles. The maximum Gasteiger partial charge on any atom is 0.306 e. The number of fused-ring (bicyclic) bond motifs is 1. The van der Waals surface area contributed by atoms with Crippen LogP contribution in [0.25, 0.3) is 10.9 Å². The van der Waals surface area contributed by atoms with Gasteiger partial charge in [-0.05, 0) is 55.9 Å². The fourth-order valence-corrected chi connectivity index (χ4v) is 7.32. The summed E-state index contributed by atoms with van der Waals surface area (Å²) in [4.78, 5) is 42.4. The Morgan fingerprint density at radius 1 is 1.11 bits per heavy atom. The molecule has 0 radical (unpaired) electrons. The number of hydrogen-bond acceptors (Lipinski definition) is 6. The smallest absolute Gasteiger partial charge is 0.306 e. The number of amides is 2. The van der Waals surface area contributed by atoms with E-state index in [0.29, 0.717) is 57.6 Å². The van der Waals surface area contributed by atoms with Gasteiger partial charge in [0.1, 0.15) is 5.82 Å². The van der Waals surface area contributed by atoms with Crippen molar-refractivity contribution in [1.82, 2.24) is 14.4 Å². The van der Waals surface area contributed by atoms with Crippen LogP contribution in [0.5, 0.6) is 0 Å². The first-order chi connectivity index (χ1) is 22.2. The number of para-hydroxylation sites is 1. The third kappa shape index (κ3) is 7.07. The summed E-state index contributed by atoms with van der Waals surface area (Å²) < 4.78 is 29.1. The van der Waals surface area contributed by atoms with Crippen molar-refractivity contribution in [2.24, 2.45) is 13.0 Å². The van der Waals surface area contributed by atoms with E-state index in [0.717, 1.165) is 30.4 Å². The van der Waals surface area contributed by atoms with Gasteiger partial charge in [-0.2, -0.15) is 0 Å². The van der Waals surface area contributed by atoms with Gasteiger partial charge in [0.15, 0.2) is 0 Å². The summed E-state index contributed by atoms with van der Waals surface area (Å²) in [7, 11) is 1.85. The van der Waals surface area contributed by atoms with E-state index in [1.807, 2.05) is 35.9 Å². The second-order valence-corrected chi connectivity index (χ2v) is 13.0. The Morgan fingerprint density at radius 2 is 1.85 bits per heavy atom. The zero-order chi connectivity index (χ0) is 32.4. The van der Waals surface area contributed by atoms with Crippen molar-refractivity contribution in [3.8, 4) is 0 Å². The topological polar surface area (TPSA) is 113 Å². The van der Waals surface area contributed by atoms with Crippen LogP contribution in [-0.4, -0.2) is 94.9 Å². The van der Waals surface area contributed by atoms with Gasteiger partial charge < -0.3 is 29.4 Å². The molecule has 3 heterocycles. The lowest BCUT2D eigenvalue weighted by atomic mass is 9.87. The molecular formula is C34H40ClFN4O6. The number of morpholine rings is 1. The summed E-state index contributed by atoms with van der Waals surface area (Å²) in [5, 5.41) is 13.0. The Labute approximate surface area is 272 Å². The molecule has 1 aromatic heterocycles. The molecule has 2 saturated heterocycles. The van der Waals surface area contributed by atoms with Crippen molar-refractivity contribution < 1.29 is 33.4 Å². The van der Waals surface area contributed by atoms with Crippen molar-refractivity contribution in [3.63, 3.8) is 0 Å². The fraction of sp³-hybridized carbons (Fsp3) is 0.500. The molecule has 2 aromatic carbocycles. The van der Waals surface area contributed by atoms with E-state index in [1.165, 1.54) is 12.1 Å². The number of halogens is 2. The normalized spacial score (nSPS) is 23.9. The van der Waals surface area contributed by atoms with Crippen LogP contribution < -0.4 is 5.32 Å². The largest absolute Gasteiger partial charge is 0.481 e. The molecule has 3 aromatic rings. The number of carbonyl (C=O) groups excluding carboxylic acids is 2. The number of aliphatic carboxylic acids is 1. The summed E-state index contributed by atoms with van der Waals surface area (Å²) in [5.41, 5.74) is 1.62. The van der Waals surface area contributed by atoms with Crippen molar-refractivity contribution in [2.75, 3.05) is 44.8 Å². The molecule has 2 amide bonds. The Morgan fingerprint density at radius 3 is 2.59 bits per heavy atom. The van der Waals surface area contributed by atoms with E-state index in [4.69, 9.17) is 21.1 Å². The highest BCUT2D eigenvalue weighted by atomic mass is 35.5.